The zero-order chi connectivity index (χ0) is 16.1. The van der Waals surface area contributed by atoms with Crippen LogP contribution in [0.4, 0.5) is 5.69 Å². The fraction of sp³-hybridized carbons (Fsp3) is 0.167. The third kappa shape index (κ3) is 4.31. The molecule has 1 aromatic heterocycles. The smallest absolute Gasteiger partial charge is 0.266 e. The van der Waals surface area contributed by atoms with Gasteiger partial charge in [0, 0.05) is 24.8 Å². The van der Waals surface area contributed by atoms with E-state index in [-0.39, 0.29) is 0 Å². The van der Waals surface area contributed by atoms with Crippen molar-refractivity contribution >= 4 is 17.9 Å². The summed E-state index contributed by atoms with van der Waals surface area (Å²) in [5, 5.41) is 13.3. The predicted octanol–water partition coefficient (Wildman–Crippen LogP) is 4.02. The Bertz CT molecular complexity index is 811. The summed E-state index contributed by atoms with van der Waals surface area (Å²) in [5.41, 5.74) is 3.28. The Balaban J connectivity index is 1.61. The highest BCUT2D eigenvalue weighted by Gasteiger charge is 2.08. The highest BCUT2D eigenvalue weighted by Crippen LogP contribution is 2.22. The van der Waals surface area contributed by atoms with Crippen LogP contribution < -0.4 is 5.32 Å². The molecule has 5 heteroatoms. The van der Waals surface area contributed by atoms with Gasteiger partial charge in [0.15, 0.2) is 0 Å². The van der Waals surface area contributed by atoms with Gasteiger partial charge in [0.05, 0.1) is 6.10 Å². The first-order valence-electron chi connectivity index (χ1n) is 7.45. The molecule has 3 N–H and O–H groups in total. The molecule has 0 bridgehead atoms. The molecular formula is C18H18N2O2S. The second-order valence-electron chi connectivity index (χ2n) is 5.33. The van der Waals surface area contributed by atoms with Crippen LogP contribution in [0.2, 0.25) is 0 Å². The van der Waals surface area contributed by atoms with Crippen molar-refractivity contribution in [1.29, 1.82) is 0 Å². The van der Waals surface area contributed by atoms with Gasteiger partial charge in [-0.15, -0.1) is 0 Å². The molecule has 0 aliphatic carbocycles. The Hall–Kier alpha value is -2.37. The van der Waals surface area contributed by atoms with Gasteiger partial charge >= 0.3 is 0 Å². The van der Waals surface area contributed by atoms with E-state index in [2.05, 4.69) is 34.6 Å². The first-order valence-corrected chi connectivity index (χ1v) is 7.86. The van der Waals surface area contributed by atoms with Crippen molar-refractivity contribution in [3.63, 3.8) is 0 Å². The van der Waals surface area contributed by atoms with Crippen LogP contribution in [0, 0.1) is 4.84 Å². The number of aromatic nitrogens is 1. The average Bonchev–Trinajstić information content (AvgIpc) is 2.99. The minimum Gasteiger partial charge on any atom is -0.435 e. The van der Waals surface area contributed by atoms with Gasteiger partial charge in [-0.3, -0.25) is 0 Å². The fourth-order valence-electron chi connectivity index (χ4n) is 2.40. The number of rotatable bonds is 6. The van der Waals surface area contributed by atoms with Gasteiger partial charge in [0.25, 0.3) is 4.84 Å². The van der Waals surface area contributed by atoms with E-state index >= 15 is 0 Å². The summed E-state index contributed by atoms with van der Waals surface area (Å²) in [6.45, 7) is 0.436. The molecule has 0 radical (unpaired) electrons. The molecule has 1 unspecified atom stereocenters. The summed E-state index contributed by atoms with van der Waals surface area (Å²) in [4.78, 5) is 3.12. The summed E-state index contributed by atoms with van der Waals surface area (Å²) in [7, 11) is 0. The summed E-state index contributed by atoms with van der Waals surface area (Å²) in [6, 6.07) is 18.3. The lowest BCUT2D eigenvalue weighted by Gasteiger charge is -2.12. The molecule has 0 amide bonds. The first kappa shape index (κ1) is 15.5. The molecule has 0 aliphatic heterocycles. The van der Waals surface area contributed by atoms with Crippen LogP contribution >= 0.6 is 12.2 Å². The van der Waals surface area contributed by atoms with E-state index < -0.39 is 6.10 Å². The molecule has 1 atom stereocenters. The Morgan fingerprint density at radius 3 is 2.61 bits per heavy atom. The third-order valence-electron chi connectivity index (χ3n) is 3.52. The maximum absolute atomic E-state index is 10.1. The normalized spacial score (nSPS) is 12.0. The molecule has 118 valence electrons. The molecule has 3 aromatic rings. The number of hydrogen-bond acceptors (Lipinski definition) is 4. The second-order valence-corrected chi connectivity index (χ2v) is 5.70. The maximum Gasteiger partial charge on any atom is 0.266 e. The molecule has 0 aliphatic rings. The summed E-state index contributed by atoms with van der Waals surface area (Å²) >= 11 is 4.87. The number of anilines is 1. The summed E-state index contributed by atoms with van der Waals surface area (Å²) in [5.74, 6) is 0.655. The van der Waals surface area contributed by atoms with Crippen LogP contribution in [-0.2, 0) is 6.42 Å². The number of aliphatic hydroxyl groups is 1. The Kier molecular flexibility index (Phi) is 4.90. The van der Waals surface area contributed by atoms with Gasteiger partial charge in [0.2, 0.25) is 0 Å². The number of H-pyrrole nitrogens is 1. The third-order valence-corrected chi connectivity index (χ3v) is 3.72. The monoisotopic (exact) mass is 326 g/mol. The lowest BCUT2D eigenvalue weighted by atomic mass is 10.1. The number of nitrogens with one attached hydrogen (secondary N) is 2. The Labute approximate surface area is 139 Å². The molecule has 1 heterocycles. The topological polar surface area (TPSA) is 61.2 Å². The average molecular weight is 326 g/mol. The minimum atomic E-state index is -0.552. The van der Waals surface area contributed by atoms with Gasteiger partial charge in [-0.1, -0.05) is 42.5 Å². The number of aliphatic hydroxyl groups excluding tert-OH is 1. The van der Waals surface area contributed by atoms with Crippen LogP contribution in [0.15, 0.2) is 65.2 Å². The second kappa shape index (κ2) is 7.26. The molecule has 2 aromatic carbocycles. The number of aromatic amines is 1. The Morgan fingerprint density at radius 2 is 1.87 bits per heavy atom. The van der Waals surface area contributed by atoms with Crippen molar-refractivity contribution in [1.82, 2.24) is 4.98 Å². The van der Waals surface area contributed by atoms with Gasteiger partial charge in [-0.05, 0) is 35.5 Å². The Morgan fingerprint density at radius 1 is 1.09 bits per heavy atom. The number of hydrogen-bond donors (Lipinski definition) is 3. The summed E-state index contributed by atoms with van der Waals surface area (Å²) in [6.07, 6.45) is 1.55. The van der Waals surface area contributed by atoms with Crippen molar-refractivity contribution in [3.8, 4) is 11.1 Å². The lowest BCUT2D eigenvalue weighted by Crippen LogP contribution is -2.21. The fourth-order valence-corrected chi connectivity index (χ4v) is 2.56. The standard InChI is InChI=1S/C18H18N2O2S/c21-16(10-17-12-20-18(23)22-17)11-19-15-8-4-7-14(9-15)13-5-2-1-3-6-13/h1-9,12,16,19,21H,10-11H2,(H,20,23). The SMILES string of the molecule is OC(CNc1cccc(-c2ccccc2)c1)Cc1c[nH]c(=S)o1. The molecule has 0 saturated heterocycles. The maximum atomic E-state index is 10.1. The van der Waals surface area contributed by atoms with E-state index in [1.165, 1.54) is 5.56 Å². The quantitative estimate of drug-likeness (QED) is 0.599. The molecule has 23 heavy (non-hydrogen) atoms. The van der Waals surface area contributed by atoms with E-state index in [4.69, 9.17) is 16.6 Å². The molecule has 4 nitrogen and oxygen atoms in total. The van der Waals surface area contributed by atoms with Crippen molar-refractivity contribution in [2.24, 2.45) is 0 Å². The van der Waals surface area contributed by atoms with Gasteiger partial charge in [0.1, 0.15) is 5.76 Å². The molecule has 0 fully saturated rings. The number of oxazole rings is 1. The van der Waals surface area contributed by atoms with Gasteiger partial charge in [-0.25, -0.2) is 0 Å². The van der Waals surface area contributed by atoms with Crippen LogP contribution in [-0.4, -0.2) is 22.7 Å². The van der Waals surface area contributed by atoms with Gasteiger partial charge in [-0.2, -0.15) is 0 Å². The minimum absolute atomic E-state index is 0.329. The lowest BCUT2D eigenvalue weighted by molar-refractivity contribution is 0.180. The molecule has 3 rings (SSSR count). The van der Waals surface area contributed by atoms with Crippen molar-refractivity contribution < 1.29 is 9.52 Å². The predicted molar refractivity (Wildman–Crippen MR) is 94.0 cm³/mol. The van der Waals surface area contributed by atoms with Crippen LogP contribution in [0.1, 0.15) is 5.76 Å². The largest absolute Gasteiger partial charge is 0.435 e. The van der Waals surface area contributed by atoms with Gasteiger partial charge < -0.3 is 19.8 Å². The summed E-state index contributed by atoms with van der Waals surface area (Å²) < 4.78 is 5.25. The highest BCUT2D eigenvalue weighted by atomic mass is 32.1. The number of benzene rings is 2. The van der Waals surface area contributed by atoms with Crippen molar-refractivity contribution in [3.05, 3.63) is 71.4 Å². The van der Waals surface area contributed by atoms with E-state index in [0.29, 0.717) is 23.6 Å². The van der Waals surface area contributed by atoms with Crippen LogP contribution in [0.25, 0.3) is 11.1 Å². The molecular weight excluding hydrogens is 308 g/mol. The highest BCUT2D eigenvalue weighted by molar-refractivity contribution is 7.71. The van der Waals surface area contributed by atoms with E-state index in [1.54, 1.807) is 6.20 Å². The van der Waals surface area contributed by atoms with Crippen LogP contribution in [0.3, 0.4) is 0 Å². The van der Waals surface area contributed by atoms with Crippen LogP contribution in [0.5, 0.6) is 0 Å². The molecule has 0 saturated carbocycles. The van der Waals surface area contributed by atoms with Crippen molar-refractivity contribution in [2.75, 3.05) is 11.9 Å². The first-order chi connectivity index (χ1) is 11.2. The zero-order valence-electron chi connectivity index (χ0n) is 12.5. The van der Waals surface area contributed by atoms with E-state index in [1.807, 2.05) is 30.3 Å². The van der Waals surface area contributed by atoms with Crippen molar-refractivity contribution in [2.45, 2.75) is 12.5 Å². The van der Waals surface area contributed by atoms with E-state index in [9.17, 15) is 5.11 Å². The van der Waals surface area contributed by atoms with E-state index in [0.717, 1.165) is 11.3 Å². The molecule has 0 spiro atoms. The zero-order valence-corrected chi connectivity index (χ0v) is 13.3.